The van der Waals surface area contributed by atoms with Gasteiger partial charge in [-0.05, 0) is 43.5 Å². The van der Waals surface area contributed by atoms with Crippen LogP contribution in [-0.4, -0.2) is 17.1 Å². The molecule has 2 N–H and O–H groups in total. The summed E-state index contributed by atoms with van der Waals surface area (Å²) in [6.07, 6.45) is 3.33. The van der Waals surface area contributed by atoms with E-state index in [-0.39, 0.29) is 17.7 Å². The molecule has 0 spiro atoms. The van der Waals surface area contributed by atoms with Gasteiger partial charge in [0.1, 0.15) is 5.75 Å². The normalized spacial score (nSPS) is 12.4. The Hall–Kier alpha value is -1.51. The van der Waals surface area contributed by atoms with Crippen LogP contribution in [0.4, 0.5) is 0 Å². The third-order valence-corrected chi connectivity index (χ3v) is 2.93. The van der Waals surface area contributed by atoms with Crippen LogP contribution < -0.4 is 5.32 Å². The van der Waals surface area contributed by atoms with Crippen molar-refractivity contribution in [3.8, 4) is 5.75 Å². The van der Waals surface area contributed by atoms with Gasteiger partial charge in [0.2, 0.25) is 0 Å². The van der Waals surface area contributed by atoms with Gasteiger partial charge in [-0.1, -0.05) is 26.7 Å². The molecule has 0 fully saturated rings. The zero-order chi connectivity index (χ0) is 13.5. The molecule has 3 heteroatoms. The lowest BCUT2D eigenvalue weighted by Gasteiger charge is -2.14. The molecular formula is C15H23NO2. The van der Waals surface area contributed by atoms with E-state index >= 15 is 0 Å². The zero-order valence-electron chi connectivity index (χ0n) is 11.4. The molecule has 0 saturated carbocycles. The Morgan fingerprint density at radius 1 is 1.17 bits per heavy atom. The van der Waals surface area contributed by atoms with Crippen LogP contribution >= 0.6 is 0 Å². The first-order valence-electron chi connectivity index (χ1n) is 6.59. The number of hydrogen-bond acceptors (Lipinski definition) is 2. The number of carbonyl (C=O) groups excluding carboxylic acids is 1. The highest BCUT2D eigenvalue weighted by molar-refractivity contribution is 5.94. The van der Waals surface area contributed by atoms with Gasteiger partial charge < -0.3 is 10.4 Å². The zero-order valence-corrected chi connectivity index (χ0v) is 11.4. The van der Waals surface area contributed by atoms with Gasteiger partial charge in [0.05, 0.1) is 0 Å². The number of aromatic hydroxyl groups is 1. The number of rotatable bonds is 6. The van der Waals surface area contributed by atoms with E-state index < -0.39 is 0 Å². The van der Waals surface area contributed by atoms with Crippen LogP contribution in [-0.2, 0) is 0 Å². The third-order valence-electron chi connectivity index (χ3n) is 2.93. The molecule has 0 heterocycles. The molecule has 0 aliphatic heterocycles. The summed E-state index contributed by atoms with van der Waals surface area (Å²) in [5.41, 5.74) is 0.587. The molecule has 0 aliphatic rings. The molecule has 1 aromatic carbocycles. The monoisotopic (exact) mass is 249 g/mol. The van der Waals surface area contributed by atoms with E-state index in [2.05, 4.69) is 19.2 Å². The van der Waals surface area contributed by atoms with Gasteiger partial charge >= 0.3 is 0 Å². The molecule has 0 radical (unpaired) electrons. The van der Waals surface area contributed by atoms with Gasteiger partial charge in [-0.2, -0.15) is 0 Å². The van der Waals surface area contributed by atoms with Crippen LogP contribution in [0.2, 0.25) is 0 Å². The van der Waals surface area contributed by atoms with Crippen molar-refractivity contribution in [3.63, 3.8) is 0 Å². The highest BCUT2D eigenvalue weighted by Crippen LogP contribution is 2.11. The van der Waals surface area contributed by atoms with E-state index in [0.29, 0.717) is 11.5 Å². The third kappa shape index (κ3) is 5.21. The second-order valence-electron chi connectivity index (χ2n) is 5.25. The number of phenolic OH excluding ortho intramolecular Hbond substituents is 1. The number of amides is 1. The molecule has 1 rings (SSSR count). The van der Waals surface area contributed by atoms with Crippen molar-refractivity contribution in [2.75, 3.05) is 0 Å². The fraction of sp³-hybridized carbons (Fsp3) is 0.533. The maximum Gasteiger partial charge on any atom is 0.251 e. The first kappa shape index (κ1) is 14.6. The average Bonchev–Trinajstić information content (AvgIpc) is 2.29. The summed E-state index contributed by atoms with van der Waals surface area (Å²) < 4.78 is 0. The van der Waals surface area contributed by atoms with E-state index in [1.54, 1.807) is 12.1 Å². The Bertz CT molecular complexity index is 371. The van der Waals surface area contributed by atoms with Gasteiger partial charge in [0, 0.05) is 11.6 Å². The number of benzene rings is 1. The standard InChI is InChI=1S/C15H23NO2/c1-11(2)5-4-6-12(3)16-15(18)13-7-9-14(17)10-8-13/h7-12,17H,4-6H2,1-3H3,(H,16,18). The lowest BCUT2D eigenvalue weighted by atomic mass is 10.0. The number of hydrogen-bond donors (Lipinski definition) is 2. The van der Waals surface area contributed by atoms with Crippen molar-refractivity contribution in [1.82, 2.24) is 5.32 Å². The summed E-state index contributed by atoms with van der Waals surface area (Å²) in [5, 5.41) is 12.1. The molecule has 18 heavy (non-hydrogen) atoms. The number of carbonyl (C=O) groups is 1. The molecule has 0 bridgehead atoms. The molecule has 1 atom stereocenters. The number of nitrogens with one attached hydrogen (secondary N) is 1. The Morgan fingerprint density at radius 2 is 1.78 bits per heavy atom. The number of phenols is 1. The summed E-state index contributed by atoms with van der Waals surface area (Å²) in [6, 6.07) is 6.50. The Kier molecular flexibility index (Phi) is 5.69. The predicted molar refractivity (Wildman–Crippen MR) is 73.7 cm³/mol. The smallest absolute Gasteiger partial charge is 0.251 e. The Balaban J connectivity index is 2.37. The molecule has 0 aromatic heterocycles. The molecule has 100 valence electrons. The summed E-state index contributed by atoms with van der Waals surface area (Å²) >= 11 is 0. The van der Waals surface area contributed by atoms with Crippen LogP contribution in [0.25, 0.3) is 0 Å². The summed E-state index contributed by atoms with van der Waals surface area (Å²) in [7, 11) is 0. The fourth-order valence-electron chi connectivity index (χ4n) is 1.82. The van der Waals surface area contributed by atoms with Crippen molar-refractivity contribution in [3.05, 3.63) is 29.8 Å². The van der Waals surface area contributed by atoms with Crippen molar-refractivity contribution >= 4 is 5.91 Å². The minimum Gasteiger partial charge on any atom is -0.508 e. The molecule has 1 unspecified atom stereocenters. The van der Waals surface area contributed by atoms with Gasteiger partial charge in [0.15, 0.2) is 0 Å². The molecule has 1 aromatic rings. The first-order valence-corrected chi connectivity index (χ1v) is 6.59. The van der Waals surface area contributed by atoms with Crippen molar-refractivity contribution in [1.29, 1.82) is 0 Å². The molecular weight excluding hydrogens is 226 g/mol. The highest BCUT2D eigenvalue weighted by atomic mass is 16.3. The highest BCUT2D eigenvalue weighted by Gasteiger charge is 2.09. The minimum atomic E-state index is -0.0768. The second kappa shape index (κ2) is 7.04. The summed E-state index contributed by atoms with van der Waals surface area (Å²) in [4.78, 5) is 11.9. The fourth-order valence-corrected chi connectivity index (χ4v) is 1.82. The largest absolute Gasteiger partial charge is 0.508 e. The molecule has 0 aliphatic carbocycles. The summed E-state index contributed by atoms with van der Waals surface area (Å²) in [5.74, 6) is 0.813. The van der Waals surface area contributed by atoms with Crippen molar-refractivity contribution in [2.45, 2.75) is 46.1 Å². The maximum absolute atomic E-state index is 11.9. The van der Waals surface area contributed by atoms with Gasteiger partial charge in [-0.3, -0.25) is 4.79 Å². The van der Waals surface area contributed by atoms with E-state index in [4.69, 9.17) is 5.11 Å². The van der Waals surface area contributed by atoms with Crippen LogP contribution in [0.1, 0.15) is 50.4 Å². The summed E-state index contributed by atoms with van der Waals surface area (Å²) in [6.45, 7) is 6.44. The van der Waals surface area contributed by atoms with Crippen LogP contribution in [0.3, 0.4) is 0 Å². The molecule has 3 nitrogen and oxygen atoms in total. The lowest BCUT2D eigenvalue weighted by Crippen LogP contribution is -2.32. The van der Waals surface area contributed by atoms with Crippen LogP contribution in [0, 0.1) is 5.92 Å². The molecule has 1 amide bonds. The topological polar surface area (TPSA) is 49.3 Å². The van der Waals surface area contributed by atoms with Crippen LogP contribution in [0.5, 0.6) is 5.75 Å². The SMILES string of the molecule is CC(C)CCCC(C)NC(=O)c1ccc(O)cc1. The maximum atomic E-state index is 11.9. The first-order chi connectivity index (χ1) is 8.49. The average molecular weight is 249 g/mol. The van der Waals surface area contributed by atoms with Gasteiger partial charge in [-0.25, -0.2) is 0 Å². The van der Waals surface area contributed by atoms with Crippen molar-refractivity contribution < 1.29 is 9.90 Å². The van der Waals surface area contributed by atoms with Gasteiger partial charge in [0.25, 0.3) is 5.91 Å². The quantitative estimate of drug-likeness (QED) is 0.812. The van der Waals surface area contributed by atoms with E-state index in [1.165, 1.54) is 18.6 Å². The molecule has 0 saturated heterocycles. The minimum absolute atomic E-state index is 0.0768. The van der Waals surface area contributed by atoms with Crippen molar-refractivity contribution in [2.24, 2.45) is 5.92 Å². The second-order valence-corrected chi connectivity index (χ2v) is 5.25. The predicted octanol–water partition coefficient (Wildman–Crippen LogP) is 3.34. The lowest BCUT2D eigenvalue weighted by molar-refractivity contribution is 0.0938. The van der Waals surface area contributed by atoms with E-state index in [0.717, 1.165) is 12.8 Å². The van der Waals surface area contributed by atoms with E-state index in [1.807, 2.05) is 6.92 Å². The van der Waals surface area contributed by atoms with Crippen LogP contribution in [0.15, 0.2) is 24.3 Å². The Labute approximate surface area is 109 Å². The van der Waals surface area contributed by atoms with Gasteiger partial charge in [-0.15, -0.1) is 0 Å². The van der Waals surface area contributed by atoms with E-state index in [9.17, 15) is 4.79 Å². The Morgan fingerprint density at radius 3 is 2.33 bits per heavy atom.